The van der Waals surface area contributed by atoms with E-state index in [4.69, 9.17) is 5.84 Å². The average Bonchev–Trinajstić information content (AvgIpc) is 2.30. The van der Waals surface area contributed by atoms with Gasteiger partial charge < -0.3 is 0 Å². The van der Waals surface area contributed by atoms with Crippen LogP contribution in [0, 0.1) is 17.6 Å². The van der Waals surface area contributed by atoms with E-state index in [1.807, 2.05) is 0 Å². The van der Waals surface area contributed by atoms with Crippen molar-refractivity contribution in [1.29, 1.82) is 0 Å². The number of nitrogens with one attached hydrogen (secondary N) is 1. The highest BCUT2D eigenvalue weighted by molar-refractivity contribution is 5.22. The Bertz CT molecular complexity index is 355. The Balaban J connectivity index is 2.82. The monoisotopic (exact) mass is 242 g/mol. The summed E-state index contributed by atoms with van der Waals surface area (Å²) in [5.41, 5.74) is 2.87. The van der Waals surface area contributed by atoms with Crippen LogP contribution in [0.25, 0.3) is 0 Å². The van der Waals surface area contributed by atoms with Crippen molar-refractivity contribution in [3.05, 3.63) is 35.4 Å². The zero-order valence-electron chi connectivity index (χ0n) is 10.3. The molecule has 0 aromatic heterocycles. The van der Waals surface area contributed by atoms with Gasteiger partial charge in [0.1, 0.15) is 0 Å². The molecule has 0 amide bonds. The molecule has 0 spiro atoms. The van der Waals surface area contributed by atoms with Crippen molar-refractivity contribution in [2.75, 3.05) is 0 Å². The fraction of sp³-hybridized carbons (Fsp3) is 0.538. The van der Waals surface area contributed by atoms with E-state index in [1.165, 1.54) is 6.07 Å². The number of nitrogens with two attached hydrogens (primary N) is 1. The maximum absolute atomic E-state index is 13.6. The average molecular weight is 242 g/mol. The Morgan fingerprint density at radius 3 is 2.65 bits per heavy atom. The van der Waals surface area contributed by atoms with Gasteiger partial charge in [0.25, 0.3) is 0 Å². The maximum atomic E-state index is 13.6. The minimum atomic E-state index is -0.828. The highest BCUT2D eigenvalue weighted by atomic mass is 19.2. The van der Waals surface area contributed by atoms with Crippen LogP contribution in [-0.4, -0.2) is 0 Å². The molecule has 96 valence electrons. The number of rotatable bonds is 6. The van der Waals surface area contributed by atoms with Gasteiger partial charge in [-0.1, -0.05) is 38.8 Å². The quantitative estimate of drug-likeness (QED) is 0.593. The fourth-order valence-electron chi connectivity index (χ4n) is 2.09. The summed E-state index contributed by atoms with van der Waals surface area (Å²) in [5, 5.41) is 0. The lowest BCUT2D eigenvalue weighted by Crippen LogP contribution is -2.30. The first-order valence-corrected chi connectivity index (χ1v) is 6.00. The van der Waals surface area contributed by atoms with Crippen molar-refractivity contribution in [1.82, 2.24) is 5.43 Å². The third-order valence-electron chi connectivity index (χ3n) is 2.98. The van der Waals surface area contributed by atoms with Crippen molar-refractivity contribution in [2.24, 2.45) is 11.8 Å². The fourth-order valence-corrected chi connectivity index (χ4v) is 2.09. The van der Waals surface area contributed by atoms with E-state index in [9.17, 15) is 8.78 Å². The summed E-state index contributed by atoms with van der Waals surface area (Å²) < 4.78 is 26.7. The second-order valence-electron chi connectivity index (χ2n) is 4.49. The molecule has 0 saturated carbocycles. The molecule has 0 radical (unpaired) electrons. The molecule has 1 rings (SSSR count). The van der Waals surface area contributed by atoms with Gasteiger partial charge >= 0.3 is 0 Å². The second kappa shape index (κ2) is 6.67. The van der Waals surface area contributed by atoms with Crippen LogP contribution in [0.3, 0.4) is 0 Å². The molecular weight excluding hydrogens is 222 g/mol. The molecule has 0 saturated heterocycles. The van der Waals surface area contributed by atoms with E-state index >= 15 is 0 Å². The predicted octanol–water partition coefficient (Wildman–Crippen LogP) is 3.30. The molecule has 2 unspecified atom stereocenters. The Morgan fingerprint density at radius 2 is 2.06 bits per heavy atom. The predicted molar refractivity (Wildman–Crippen MR) is 65.1 cm³/mol. The third-order valence-corrected chi connectivity index (χ3v) is 2.98. The van der Waals surface area contributed by atoms with E-state index in [0.717, 1.165) is 18.9 Å². The second-order valence-corrected chi connectivity index (χ2v) is 4.49. The van der Waals surface area contributed by atoms with Crippen molar-refractivity contribution < 1.29 is 8.78 Å². The molecule has 0 aliphatic heterocycles. The zero-order chi connectivity index (χ0) is 12.8. The number of hydrogen-bond acceptors (Lipinski definition) is 2. The van der Waals surface area contributed by atoms with Crippen LogP contribution in [0.5, 0.6) is 0 Å². The Hall–Kier alpha value is -1.00. The summed E-state index contributed by atoms with van der Waals surface area (Å²) in [6.45, 7) is 4.19. The van der Waals surface area contributed by atoms with Crippen LogP contribution in [0.2, 0.25) is 0 Å². The Morgan fingerprint density at radius 1 is 1.35 bits per heavy atom. The van der Waals surface area contributed by atoms with Gasteiger partial charge in [-0.2, -0.15) is 0 Å². The summed E-state index contributed by atoms with van der Waals surface area (Å²) in [7, 11) is 0. The first-order chi connectivity index (χ1) is 8.10. The van der Waals surface area contributed by atoms with Gasteiger partial charge in [-0.3, -0.25) is 11.3 Å². The molecule has 0 aliphatic carbocycles. The molecule has 2 atom stereocenters. The van der Waals surface area contributed by atoms with Crippen molar-refractivity contribution in [3.63, 3.8) is 0 Å². The molecule has 2 nitrogen and oxygen atoms in total. The lowest BCUT2D eigenvalue weighted by molar-refractivity contribution is 0.379. The van der Waals surface area contributed by atoms with Crippen LogP contribution in [0.1, 0.15) is 44.7 Å². The number of hydrogen-bond donors (Lipinski definition) is 2. The van der Waals surface area contributed by atoms with Gasteiger partial charge in [-0.15, -0.1) is 0 Å². The minimum absolute atomic E-state index is 0.301. The van der Waals surface area contributed by atoms with E-state index in [1.54, 1.807) is 6.07 Å². The van der Waals surface area contributed by atoms with Crippen LogP contribution in [0.15, 0.2) is 18.2 Å². The van der Waals surface area contributed by atoms with Gasteiger partial charge in [0.2, 0.25) is 0 Å². The summed E-state index contributed by atoms with van der Waals surface area (Å²) in [5.74, 6) is 4.21. The molecule has 0 heterocycles. The van der Waals surface area contributed by atoms with Gasteiger partial charge in [-0.25, -0.2) is 8.78 Å². The van der Waals surface area contributed by atoms with E-state index in [-0.39, 0.29) is 6.04 Å². The molecule has 17 heavy (non-hydrogen) atoms. The SMILES string of the molecule is CCCC(C)CC(NN)c1cccc(F)c1F. The standard InChI is InChI=1S/C13H20F2N2/c1-3-5-9(2)8-12(17-16)10-6-4-7-11(14)13(10)15/h4,6-7,9,12,17H,3,5,8,16H2,1-2H3. The molecule has 0 aliphatic rings. The molecular formula is C13H20F2N2. The maximum Gasteiger partial charge on any atom is 0.163 e. The van der Waals surface area contributed by atoms with Gasteiger partial charge in [0, 0.05) is 11.6 Å². The molecule has 0 bridgehead atoms. The minimum Gasteiger partial charge on any atom is -0.271 e. The lowest BCUT2D eigenvalue weighted by atomic mass is 9.93. The Labute approximate surface area is 101 Å². The summed E-state index contributed by atoms with van der Waals surface area (Å²) in [6, 6.07) is 3.85. The smallest absolute Gasteiger partial charge is 0.163 e. The molecule has 3 N–H and O–H groups in total. The molecule has 1 aromatic carbocycles. The number of benzene rings is 1. The molecule has 0 fully saturated rings. The first kappa shape index (κ1) is 14.1. The Kier molecular flexibility index (Phi) is 5.51. The summed E-state index contributed by atoms with van der Waals surface area (Å²) in [6.07, 6.45) is 2.82. The summed E-state index contributed by atoms with van der Waals surface area (Å²) >= 11 is 0. The lowest BCUT2D eigenvalue weighted by Gasteiger charge is -2.21. The van der Waals surface area contributed by atoms with E-state index in [0.29, 0.717) is 17.9 Å². The largest absolute Gasteiger partial charge is 0.271 e. The van der Waals surface area contributed by atoms with Gasteiger partial charge in [0.05, 0.1) is 0 Å². The van der Waals surface area contributed by atoms with Crippen LogP contribution >= 0.6 is 0 Å². The first-order valence-electron chi connectivity index (χ1n) is 6.00. The summed E-state index contributed by atoms with van der Waals surface area (Å²) in [4.78, 5) is 0. The van der Waals surface area contributed by atoms with Gasteiger partial charge in [0.15, 0.2) is 11.6 Å². The van der Waals surface area contributed by atoms with Gasteiger partial charge in [-0.05, 0) is 18.4 Å². The molecule has 4 heteroatoms. The number of halogens is 2. The van der Waals surface area contributed by atoms with E-state index in [2.05, 4.69) is 19.3 Å². The normalized spacial score (nSPS) is 14.6. The van der Waals surface area contributed by atoms with Crippen LogP contribution in [-0.2, 0) is 0 Å². The number of hydrazine groups is 1. The van der Waals surface area contributed by atoms with Crippen LogP contribution in [0.4, 0.5) is 8.78 Å². The topological polar surface area (TPSA) is 38.0 Å². The van der Waals surface area contributed by atoms with Crippen molar-refractivity contribution in [2.45, 2.75) is 39.2 Å². The molecule has 1 aromatic rings. The highest BCUT2D eigenvalue weighted by Crippen LogP contribution is 2.26. The van der Waals surface area contributed by atoms with Crippen molar-refractivity contribution in [3.8, 4) is 0 Å². The van der Waals surface area contributed by atoms with E-state index < -0.39 is 11.6 Å². The third kappa shape index (κ3) is 3.75. The zero-order valence-corrected chi connectivity index (χ0v) is 10.3. The van der Waals surface area contributed by atoms with Crippen molar-refractivity contribution >= 4 is 0 Å². The highest BCUT2D eigenvalue weighted by Gasteiger charge is 2.19. The van der Waals surface area contributed by atoms with Crippen LogP contribution < -0.4 is 11.3 Å².